The van der Waals surface area contributed by atoms with Gasteiger partial charge in [0.2, 0.25) is 0 Å². The van der Waals surface area contributed by atoms with Crippen molar-refractivity contribution in [2.45, 2.75) is 0 Å². The molecule has 1 aromatic rings. The van der Waals surface area contributed by atoms with E-state index in [9.17, 15) is 0 Å². The number of nitrogen functional groups attached to an aromatic ring is 1. The van der Waals surface area contributed by atoms with Crippen LogP contribution in [-0.4, -0.2) is 12.1 Å². The van der Waals surface area contributed by atoms with Crippen LogP contribution in [0.15, 0.2) is 12.3 Å². The first-order valence-corrected chi connectivity index (χ1v) is 4.02. The lowest BCUT2D eigenvalue weighted by molar-refractivity contribution is 0.411. The minimum Gasteiger partial charge on any atom is -0.495 e. The van der Waals surface area contributed by atoms with Gasteiger partial charge in [0.25, 0.3) is 0 Å². The molecule has 0 saturated heterocycles. The monoisotopic (exact) mass is 265 g/mol. The maximum absolute atomic E-state index is 5.20. The van der Waals surface area contributed by atoms with Crippen LogP contribution in [0.3, 0.4) is 0 Å². The minimum atomic E-state index is 0.630. The Labute approximate surface area is 78.3 Å². The number of hydrogen-bond donors (Lipinski definition) is 2. The maximum Gasteiger partial charge on any atom is 0.157 e. The number of nitrogens with one attached hydrogen (secondary N) is 1. The average Bonchev–Trinajstić information content (AvgIpc) is 2.05. The Hall–Kier alpha value is -0.560. The van der Waals surface area contributed by atoms with Crippen molar-refractivity contribution in [3.05, 3.63) is 15.8 Å². The zero-order chi connectivity index (χ0) is 8.27. The summed E-state index contributed by atoms with van der Waals surface area (Å²) >= 11 is 2.11. The first-order valence-electron chi connectivity index (χ1n) is 2.94. The number of hydrogen-bond acceptors (Lipinski definition) is 4. The van der Waals surface area contributed by atoms with Gasteiger partial charge < -0.3 is 10.2 Å². The number of pyridine rings is 1. The Balaban J connectivity index is 3.10. The lowest BCUT2D eigenvalue weighted by Crippen LogP contribution is -2.10. The second-order valence-corrected chi connectivity index (χ2v) is 2.90. The van der Waals surface area contributed by atoms with Crippen molar-refractivity contribution in [2.24, 2.45) is 5.84 Å². The fourth-order valence-electron chi connectivity index (χ4n) is 0.684. The number of hydrazine groups is 1. The molecule has 1 rings (SSSR count). The molecule has 0 saturated carbocycles. The number of nitrogens with zero attached hydrogens (tertiary/aromatic N) is 1. The number of aromatic nitrogens is 1. The van der Waals surface area contributed by atoms with Crippen molar-refractivity contribution >= 4 is 28.4 Å². The molecule has 0 fully saturated rings. The van der Waals surface area contributed by atoms with Crippen LogP contribution in [-0.2, 0) is 0 Å². The normalized spacial score (nSPS) is 9.36. The predicted molar refractivity (Wildman–Crippen MR) is 51.3 cm³/mol. The molecule has 0 aliphatic heterocycles. The molecule has 1 aromatic heterocycles. The topological polar surface area (TPSA) is 60.2 Å². The van der Waals surface area contributed by atoms with Gasteiger partial charge in [-0.3, -0.25) is 0 Å². The first kappa shape index (κ1) is 8.54. The van der Waals surface area contributed by atoms with Gasteiger partial charge in [0.15, 0.2) is 5.82 Å². The van der Waals surface area contributed by atoms with Crippen LogP contribution in [0.5, 0.6) is 5.75 Å². The van der Waals surface area contributed by atoms with Gasteiger partial charge in [-0.15, -0.1) is 0 Å². The zero-order valence-electron chi connectivity index (χ0n) is 5.97. The Kier molecular flexibility index (Phi) is 2.89. The Bertz CT molecular complexity index is 231. The molecule has 5 heteroatoms. The summed E-state index contributed by atoms with van der Waals surface area (Å²) in [5.41, 5.74) is 2.47. The summed E-state index contributed by atoms with van der Waals surface area (Å²) in [6, 6.07) is 1.78. The summed E-state index contributed by atoms with van der Waals surface area (Å²) in [5.74, 6) is 6.60. The molecule has 0 spiro atoms. The van der Waals surface area contributed by atoms with Crippen molar-refractivity contribution in [2.75, 3.05) is 12.5 Å². The van der Waals surface area contributed by atoms with Gasteiger partial charge >= 0.3 is 0 Å². The van der Waals surface area contributed by atoms with E-state index in [2.05, 4.69) is 33.0 Å². The number of methoxy groups -OCH3 is 1. The van der Waals surface area contributed by atoms with Gasteiger partial charge in [-0.05, 0) is 28.7 Å². The Morgan fingerprint density at radius 2 is 2.45 bits per heavy atom. The molecule has 0 aromatic carbocycles. The minimum absolute atomic E-state index is 0.630. The van der Waals surface area contributed by atoms with E-state index in [-0.39, 0.29) is 0 Å². The van der Waals surface area contributed by atoms with E-state index in [1.54, 1.807) is 19.4 Å². The van der Waals surface area contributed by atoms with Crippen LogP contribution in [0.1, 0.15) is 0 Å². The Morgan fingerprint density at radius 1 is 1.73 bits per heavy atom. The highest BCUT2D eigenvalue weighted by atomic mass is 127. The molecule has 0 amide bonds. The molecule has 0 atom stereocenters. The van der Waals surface area contributed by atoms with E-state index in [1.807, 2.05) is 0 Å². The number of nitrogens with two attached hydrogens (primary N) is 1. The Morgan fingerprint density at radius 3 is 3.00 bits per heavy atom. The SMILES string of the molecule is COc1ccnc(NN)c1I. The molecule has 0 unspecified atom stereocenters. The molecule has 0 aliphatic carbocycles. The van der Waals surface area contributed by atoms with Gasteiger partial charge in [-0.2, -0.15) is 0 Å². The highest BCUT2D eigenvalue weighted by Crippen LogP contribution is 2.24. The van der Waals surface area contributed by atoms with E-state index >= 15 is 0 Å². The smallest absolute Gasteiger partial charge is 0.157 e. The van der Waals surface area contributed by atoms with Gasteiger partial charge in [0.05, 0.1) is 10.7 Å². The predicted octanol–water partition coefficient (Wildman–Crippen LogP) is 0.980. The quantitative estimate of drug-likeness (QED) is 0.475. The fourth-order valence-corrected chi connectivity index (χ4v) is 1.38. The molecule has 1 heterocycles. The van der Waals surface area contributed by atoms with E-state index in [4.69, 9.17) is 10.6 Å². The zero-order valence-corrected chi connectivity index (χ0v) is 8.12. The molecule has 0 bridgehead atoms. The van der Waals surface area contributed by atoms with Crippen LogP contribution >= 0.6 is 22.6 Å². The number of halogens is 1. The molecule has 60 valence electrons. The number of ether oxygens (including phenoxy) is 1. The van der Waals surface area contributed by atoms with Gasteiger partial charge in [0.1, 0.15) is 5.75 Å². The van der Waals surface area contributed by atoms with Gasteiger partial charge in [0, 0.05) is 6.20 Å². The van der Waals surface area contributed by atoms with Crippen LogP contribution < -0.4 is 16.0 Å². The molecule has 4 nitrogen and oxygen atoms in total. The van der Waals surface area contributed by atoms with Crippen molar-refractivity contribution in [1.29, 1.82) is 0 Å². The number of anilines is 1. The van der Waals surface area contributed by atoms with Crippen LogP contribution in [0.2, 0.25) is 0 Å². The molecular formula is C6H8IN3O. The third kappa shape index (κ3) is 1.72. The molecule has 3 N–H and O–H groups in total. The summed E-state index contributed by atoms with van der Waals surface area (Å²) in [4.78, 5) is 3.98. The summed E-state index contributed by atoms with van der Waals surface area (Å²) in [5, 5.41) is 0. The fraction of sp³-hybridized carbons (Fsp3) is 0.167. The second kappa shape index (κ2) is 3.72. The third-order valence-corrected chi connectivity index (χ3v) is 2.25. The molecule has 11 heavy (non-hydrogen) atoms. The van der Waals surface area contributed by atoms with Crippen molar-refractivity contribution < 1.29 is 4.74 Å². The van der Waals surface area contributed by atoms with Crippen LogP contribution in [0.25, 0.3) is 0 Å². The van der Waals surface area contributed by atoms with Crippen molar-refractivity contribution in [3.63, 3.8) is 0 Å². The summed E-state index contributed by atoms with van der Waals surface area (Å²) in [6.07, 6.45) is 1.64. The van der Waals surface area contributed by atoms with Crippen LogP contribution in [0.4, 0.5) is 5.82 Å². The number of rotatable bonds is 2. The first-order chi connectivity index (χ1) is 5.29. The second-order valence-electron chi connectivity index (χ2n) is 1.82. The summed E-state index contributed by atoms with van der Waals surface area (Å²) < 4.78 is 5.93. The lowest BCUT2D eigenvalue weighted by Gasteiger charge is -2.05. The molecular weight excluding hydrogens is 257 g/mol. The highest BCUT2D eigenvalue weighted by Gasteiger charge is 2.04. The maximum atomic E-state index is 5.20. The lowest BCUT2D eigenvalue weighted by atomic mass is 10.4. The van der Waals surface area contributed by atoms with Crippen molar-refractivity contribution in [3.8, 4) is 5.75 Å². The molecule has 0 aliphatic rings. The van der Waals surface area contributed by atoms with Gasteiger partial charge in [-0.1, -0.05) is 0 Å². The third-order valence-electron chi connectivity index (χ3n) is 1.21. The average molecular weight is 265 g/mol. The van der Waals surface area contributed by atoms with E-state index in [1.165, 1.54) is 0 Å². The van der Waals surface area contributed by atoms with Crippen LogP contribution in [0, 0.1) is 3.57 Å². The molecule has 0 radical (unpaired) electrons. The highest BCUT2D eigenvalue weighted by molar-refractivity contribution is 14.1. The van der Waals surface area contributed by atoms with E-state index < -0.39 is 0 Å². The van der Waals surface area contributed by atoms with Crippen molar-refractivity contribution in [1.82, 2.24) is 4.98 Å². The van der Waals surface area contributed by atoms with E-state index in [0.29, 0.717) is 5.82 Å². The summed E-state index contributed by atoms with van der Waals surface area (Å²) in [6.45, 7) is 0. The van der Waals surface area contributed by atoms with Gasteiger partial charge in [-0.25, -0.2) is 10.8 Å². The standard InChI is InChI=1S/C6H8IN3O/c1-11-4-2-3-9-6(10-8)5(4)7/h2-3H,8H2,1H3,(H,9,10). The largest absolute Gasteiger partial charge is 0.495 e. The van der Waals surface area contributed by atoms with E-state index in [0.717, 1.165) is 9.32 Å². The summed E-state index contributed by atoms with van der Waals surface area (Å²) in [7, 11) is 1.61.